The number of thioether (sulfide) groups is 1. The smallest absolute Gasteiger partial charge is 0.239 e. The Balaban J connectivity index is 2.09. The van der Waals surface area contributed by atoms with Crippen molar-refractivity contribution in [3.8, 4) is 0 Å². The standard InChI is InChI=1S/C10H13N5O2S/c1-2-11-6(16)3-12-9-8-10(14-5-13-9)18-4-7(17)15-8/h5H,2-4H2,1H3,(H,11,16)(H,15,17)(H,12,13,14). The highest BCUT2D eigenvalue weighted by Gasteiger charge is 2.20. The lowest BCUT2D eigenvalue weighted by Crippen LogP contribution is -2.30. The summed E-state index contributed by atoms with van der Waals surface area (Å²) >= 11 is 1.35. The summed E-state index contributed by atoms with van der Waals surface area (Å²) in [7, 11) is 0. The van der Waals surface area contributed by atoms with Crippen molar-refractivity contribution in [1.29, 1.82) is 0 Å². The molecule has 2 heterocycles. The molecule has 0 bridgehead atoms. The minimum Gasteiger partial charge on any atom is -0.359 e. The van der Waals surface area contributed by atoms with E-state index in [4.69, 9.17) is 0 Å². The van der Waals surface area contributed by atoms with E-state index in [1.54, 1.807) is 0 Å². The number of hydrogen-bond donors (Lipinski definition) is 3. The van der Waals surface area contributed by atoms with Crippen LogP contribution >= 0.6 is 11.8 Å². The number of nitrogens with one attached hydrogen (secondary N) is 3. The summed E-state index contributed by atoms with van der Waals surface area (Å²) in [6.07, 6.45) is 1.41. The fourth-order valence-corrected chi connectivity index (χ4v) is 2.21. The van der Waals surface area contributed by atoms with Gasteiger partial charge in [0.25, 0.3) is 0 Å². The second-order valence-corrected chi connectivity index (χ2v) is 4.51. The molecule has 0 spiro atoms. The van der Waals surface area contributed by atoms with Gasteiger partial charge < -0.3 is 16.0 Å². The molecule has 0 radical (unpaired) electrons. The first kappa shape index (κ1) is 12.6. The zero-order valence-corrected chi connectivity index (χ0v) is 10.6. The SMILES string of the molecule is CCNC(=O)CNc1ncnc2c1NC(=O)CS2. The summed E-state index contributed by atoms with van der Waals surface area (Å²) in [5.74, 6) is 0.592. The van der Waals surface area contributed by atoms with Crippen LogP contribution in [-0.2, 0) is 9.59 Å². The highest BCUT2D eigenvalue weighted by Crippen LogP contribution is 2.33. The Morgan fingerprint density at radius 3 is 3.17 bits per heavy atom. The summed E-state index contributed by atoms with van der Waals surface area (Å²) in [6.45, 7) is 2.54. The van der Waals surface area contributed by atoms with E-state index in [0.717, 1.165) is 0 Å². The Labute approximate surface area is 108 Å². The molecule has 1 aromatic rings. The molecular formula is C10H13N5O2S. The number of fused-ring (bicyclic) bond motifs is 1. The molecule has 1 aromatic heterocycles. The lowest BCUT2D eigenvalue weighted by molar-refractivity contribution is -0.119. The Bertz CT molecular complexity index is 479. The predicted molar refractivity (Wildman–Crippen MR) is 68.6 cm³/mol. The second-order valence-electron chi connectivity index (χ2n) is 3.55. The lowest BCUT2D eigenvalue weighted by atomic mass is 10.4. The predicted octanol–water partition coefficient (Wildman–Crippen LogP) is 0.0688. The van der Waals surface area contributed by atoms with Gasteiger partial charge in [0, 0.05) is 6.54 Å². The van der Waals surface area contributed by atoms with Crippen molar-refractivity contribution in [2.75, 3.05) is 29.5 Å². The third kappa shape index (κ3) is 2.89. The maximum absolute atomic E-state index is 11.3. The van der Waals surface area contributed by atoms with Gasteiger partial charge in [-0.1, -0.05) is 11.8 Å². The van der Waals surface area contributed by atoms with Crippen molar-refractivity contribution < 1.29 is 9.59 Å². The molecule has 3 N–H and O–H groups in total. The Hall–Kier alpha value is -1.83. The number of nitrogens with zero attached hydrogens (tertiary/aromatic N) is 2. The van der Waals surface area contributed by atoms with Crippen molar-refractivity contribution in [2.24, 2.45) is 0 Å². The number of hydrogen-bond acceptors (Lipinski definition) is 6. The summed E-state index contributed by atoms with van der Waals surface area (Å²) in [6, 6.07) is 0. The molecule has 0 fully saturated rings. The van der Waals surface area contributed by atoms with Gasteiger partial charge in [-0.15, -0.1) is 0 Å². The van der Waals surface area contributed by atoms with E-state index in [2.05, 4.69) is 25.9 Å². The quantitative estimate of drug-likeness (QED) is 0.668. The molecule has 18 heavy (non-hydrogen) atoms. The zero-order chi connectivity index (χ0) is 13.0. The van der Waals surface area contributed by atoms with Gasteiger partial charge in [-0.25, -0.2) is 9.97 Å². The van der Waals surface area contributed by atoms with E-state index in [1.807, 2.05) is 6.92 Å². The fourth-order valence-electron chi connectivity index (χ4n) is 1.46. The van der Waals surface area contributed by atoms with Gasteiger partial charge in [-0.05, 0) is 6.92 Å². The van der Waals surface area contributed by atoms with Crippen molar-refractivity contribution in [3.63, 3.8) is 0 Å². The molecule has 0 atom stereocenters. The van der Waals surface area contributed by atoms with Crippen molar-refractivity contribution in [2.45, 2.75) is 11.9 Å². The van der Waals surface area contributed by atoms with Crippen LogP contribution in [-0.4, -0.2) is 40.6 Å². The van der Waals surface area contributed by atoms with Crippen molar-refractivity contribution in [1.82, 2.24) is 15.3 Å². The molecule has 8 heteroatoms. The summed E-state index contributed by atoms with van der Waals surface area (Å²) in [5.41, 5.74) is 0.544. The van der Waals surface area contributed by atoms with Crippen LogP contribution in [0.1, 0.15) is 6.92 Å². The first-order chi connectivity index (χ1) is 8.70. The van der Waals surface area contributed by atoms with Crippen LogP contribution in [0.3, 0.4) is 0 Å². The van der Waals surface area contributed by atoms with Crippen LogP contribution in [0.2, 0.25) is 0 Å². The molecule has 7 nitrogen and oxygen atoms in total. The third-order valence-corrected chi connectivity index (χ3v) is 3.20. The van der Waals surface area contributed by atoms with Gasteiger partial charge in [-0.3, -0.25) is 9.59 Å². The number of amides is 2. The average molecular weight is 267 g/mol. The second kappa shape index (κ2) is 5.67. The highest BCUT2D eigenvalue weighted by molar-refractivity contribution is 8.00. The van der Waals surface area contributed by atoms with Gasteiger partial charge in [0.15, 0.2) is 5.82 Å². The normalized spacial score (nSPS) is 13.5. The van der Waals surface area contributed by atoms with E-state index >= 15 is 0 Å². The maximum Gasteiger partial charge on any atom is 0.239 e. The molecule has 0 aliphatic carbocycles. The van der Waals surface area contributed by atoms with E-state index in [-0.39, 0.29) is 18.4 Å². The summed E-state index contributed by atoms with van der Waals surface area (Å²) < 4.78 is 0. The largest absolute Gasteiger partial charge is 0.359 e. The lowest BCUT2D eigenvalue weighted by Gasteiger charge is -2.18. The van der Waals surface area contributed by atoms with Crippen molar-refractivity contribution in [3.05, 3.63) is 6.33 Å². The zero-order valence-electron chi connectivity index (χ0n) is 9.82. The number of rotatable bonds is 4. The Morgan fingerprint density at radius 1 is 1.56 bits per heavy atom. The molecule has 96 valence electrons. The van der Waals surface area contributed by atoms with Gasteiger partial charge in [0.05, 0.1) is 12.3 Å². The summed E-state index contributed by atoms with van der Waals surface area (Å²) in [5, 5.41) is 8.97. The molecule has 0 saturated heterocycles. The summed E-state index contributed by atoms with van der Waals surface area (Å²) in [4.78, 5) is 30.8. The van der Waals surface area contributed by atoms with Gasteiger partial charge in [0.1, 0.15) is 17.0 Å². The Kier molecular flexibility index (Phi) is 3.98. The number of likely N-dealkylation sites (N-methyl/N-ethyl adjacent to an activating group) is 1. The molecule has 0 saturated carbocycles. The van der Waals surface area contributed by atoms with Crippen LogP contribution in [0.5, 0.6) is 0 Å². The van der Waals surface area contributed by atoms with Crippen LogP contribution in [0.15, 0.2) is 11.4 Å². The monoisotopic (exact) mass is 267 g/mol. The van der Waals surface area contributed by atoms with E-state index in [9.17, 15) is 9.59 Å². The molecular weight excluding hydrogens is 254 g/mol. The fraction of sp³-hybridized carbons (Fsp3) is 0.400. The van der Waals surface area contributed by atoms with Crippen molar-refractivity contribution >= 4 is 35.1 Å². The molecule has 0 unspecified atom stereocenters. The Morgan fingerprint density at radius 2 is 2.39 bits per heavy atom. The number of aromatic nitrogens is 2. The van der Waals surface area contributed by atoms with Crippen LogP contribution in [0.4, 0.5) is 11.5 Å². The molecule has 0 aromatic carbocycles. The van der Waals surface area contributed by atoms with E-state index < -0.39 is 0 Å². The van der Waals surface area contributed by atoms with E-state index in [0.29, 0.717) is 28.8 Å². The minimum absolute atomic E-state index is 0.0941. The van der Waals surface area contributed by atoms with E-state index in [1.165, 1.54) is 18.1 Å². The first-order valence-electron chi connectivity index (χ1n) is 5.49. The third-order valence-electron chi connectivity index (χ3n) is 2.21. The van der Waals surface area contributed by atoms with Crippen LogP contribution in [0, 0.1) is 0 Å². The average Bonchev–Trinajstić information content (AvgIpc) is 2.36. The number of carbonyl (C=O) groups excluding carboxylic acids is 2. The number of anilines is 2. The first-order valence-corrected chi connectivity index (χ1v) is 6.47. The highest BCUT2D eigenvalue weighted by atomic mass is 32.2. The number of carbonyl (C=O) groups is 2. The molecule has 1 aliphatic heterocycles. The van der Waals surface area contributed by atoms with Crippen LogP contribution < -0.4 is 16.0 Å². The van der Waals surface area contributed by atoms with Gasteiger partial charge >= 0.3 is 0 Å². The van der Waals surface area contributed by atoms with Gasteiger partial charge in [-0.2, -0.15) is 0 Å². The molecule has 2 amide bonds. The van der Waals surface area contributed by atoms with Crippen LogP contribution in [0.25, 0.3) is 0 Å². The minimum atomic E-state index is -0.125. The topological polar surface area (TPSA) is 96.0 Å². The van der Waals surface area contributed by atoms with Gasteiger partial charge in [0.2, 0.25) is 11.8 Å². The molecule has 1 aliphatic rings. The molecule has 2 rings (SSSR count). The maximum atomic E-state index is 11.3.